The van der Waals surface area contributed by atoms with E-state index in [-0.39, 0.29) is 17.9 Å². The summed E-state index contributed by atoms with van der Waals surface area (Å²) in [6.07, 6.45) is 9.12. The molecule has 0 spiro atoms. The van der Waals surface area contributed by atoms with E-state index < -0.39 is 10.0 Å². The molecule has 4 fully saturated rings. The van der Waals surface area contributed by atoms with Crippen LogP contribution in [-0.4, -0.2) is 40.3 Å². The Morgan fingerprint density at radius 3 is 2.12 bits per heavy atom. The van der Waals surface area contributed by atoms with Crippen LogP contribution in [-0.2, 0) is 20.2 Å². The minimum Gasteiger partial charge on any atom is -0.492 e. The summed E-state index contributed by atoms with van der Waals surface area (Å²) in [6, 6.07) is 17.3. The SMILES string of the molecule is CS(=O)(=O)N(CC(=O)NCCOc1ccccc1)c1ccc(C23CC4CC(CC(C4)C2)C3)cc1. The maximum Gasteiger partial charge on any atom is 0.240 e. The maximum atomic E-state index is 12.5. The third-order valence-corrected chi connectivity index (χ3v) is 9.07. The molecule has 4 aliphatic carbocycles. The van der Waals surface area contributed by atoms with E-state index in [0.29, 0.717) is 18.8 Å². The predicted octanol–water partition coefficient (Wildman–Crippen LogP) is 4.12. The van der Waals surface area contributed by atoms with Gasteiger partial charge in [0, 0.05) is 0 Å². The van der Waals surface area contributed by atoms with Gasteiger partial charge in [0.05, 0.1) is 18.5 Å². The molecule has 182 valence electrons. The van der Waals surface area contributed by atoms with Crippen LogP contribution in [0.2, 0.25) is 0 Å². The Labute approximate surface area is 202 Å². The first kappa shape index (κ1) is 23.2. The molecular formula is C27H34N2O4S. The predicted molar refractivity (Wildman–Crippen MR) is 133 cm³/mol. The lowest BCUT2D eigenvalue weighted by Crippen LogP contribution is -2.48. The maximum absolute atomic E-state index is 12.5. The van der Waals surface area contributed by atoms with E-state index >= 15 is 0 Å². The average molecular weight is 483 g/mol. The van der Waals surface area contributed by atoms with E-state index in [1.54, 1.807) is 0 Å². The normalized spacial score (nSPS) is 27.4. The molecule has 0 aliphatic heterocycles. The Bertz CT molecular complexity index is 1080. The van der Waals surface area contributed by atoms with Crippen LogP contribution in [0.4, 0.5) is 5.69 Å². The number of carbonyl (C=O) groups excluding carboxylic acids is 1. The molecule has 6 nitrogen and oxygen atoms in total. The summed E-state index contributed by atoms with van der Waals surface area (Å²) in [5, 5.41) is 2.76. The van der Waals surface area contributed by atoms with Crippen molar-refractivity contribution in [3.05, 3.63) is 60.2 Å². The number of hydrogen-bond donors (Lipinski definition) is 1. The zero-order valence-corrected chi connectivity index (χ0v) is 20.6. The third-order valence-electron chi connectivity index (χ3n) is 7.93. The molecule has 6 rings (SSSR count). The van der Waals surface area contributed by atoms with Gasteiger partial charge >= 0.3 is 0 Å². The van der Waals surface area contributed by atoms with Crippen LogP contribution in [0, 0.1) is 17.8 Å². The van der Waals surface area contributed by atoms with Crippen LogP contribution < -0.4 is 14.4 Å². The number of anilines is 1. The molecule has 4 aliphatic rings. The highest BCUT2D eigenvalue weighted by Crippen LogP contribution is 2.60. The van der Waals surface area contributed by atoms with Crippen LogP contribution in [0.5, 0.6) is 5.75 Å². The zero-order chi connectivity index (χ0) is 23.8. The molecule has 4 saturated carbocycles. The lowest BCUT2D eigenvalue weighted by Gasteiger charge is -2.57. The van der Waals surface area contributed by atoms with Crippen molar-refractivity contribution < 1.29 is 17.9 Å². The van der Waals surface area contributed by atoms with Gasteiger partial charge in [-0.2, -0.15) is 0 Å². The second kappa shape index (κ2) is 9.25. The summed E-state index contributed by atoms with van der Waals surface area (Å²) in [5.74, 6) is 2.94. The lowest BCUT2D eigenvalue weighted by atomic mass is 9.48. The summed E-state index contributed by atoms with van der Waals surface area (Å²) in [5.41, 5.74) is 2.14. The van der Waals surface area contributed by atoms with Gasteiger partial charge in [0.25, 0.3) is 0 Å². The van der Waals surface area contributed by atoms with Gasteiger partial charge in [-0.1, -0.05) is 30.3 Å². The molecule has 4 bridgehead atoms. The molecule has 2 aromatic rings. The van der Waals surface area contributed by atoms with Crippen molar-refractivity contribution >= 4 is 21.6 Å². The Balaban J connectivity index is 1.22. The molecule has 0 saturated heterocycles. The molecule has 1 amide bonds. The second-order valence-electron chi connectivity index (χ2n) is 10.5. The number of hydrogen-bond acceptors (Lipinski definition) is 4. The van der Waals surface area contributed by atoms with Crippen molar-refractivity contribution in [1.29, 1.82) is 0 Å². The molecule has 34 heavy (non-hydrogen) atoms. The van der Waals surface area contributed by atoms with Crippen LogP contribution in [0.25, 0.3) is 0 Å². The summed E-state index contributed by atoms with van der Waals surface area (Å²) < 4.78 is 31.8. The summed E-state index contributed by atoms with van der Waals surface area (Å²) in [4.78, 5) is 12.5. The lowest BCUT2D eigenvalue weighted by molar-refractivity contribution is -0.119. The monoisotopic (exact) mass is 482 g/mol. The number of carbonyl (C=O) groups is 1. The van der Waals surface area contributed by atoms with Gasteiger partial charge in [-0.3, -0.25) is 9.10 Å². The van der Waals surface area contributed by atoms with Gasteiger partial charge in [-0.25, -0.2) is 8.42 Å². The number of rotatable bonds is 9. The second-order valence-corrected chi connectivity index (χ2v) is 12.4. The molecule has 0 atom stereocenters. The molecule has 7 heteroatoms. The summed E-state index contributed by atoms with van der Waals surface area (Å²) in [7, 11) is -3.60. The Morgan fingerprint density at radius 1 is 0.971 bits per heavy atom. The van der Waals surface area contributed by atoms with Crippen molar-refractivity contribution in [2.75, 3.05) is 30.3 Å². The zero-order valence-electron chi connectivity index (χ0n) is 19.8. The number of ether oxygens (including phenoxy) is 1. The molecule has 0 unspecified atom stereocenters. The molecule has 0 heterocycles. The first-order chi connectivity index (χ1) is 16.3. The van der Waals surface area contributed by atoms with Crippen molar-refractivity contribution in [3.63, 3.8) is 0 Å². The molecular weight excluding hydrogens is 448 g/mol. The fourth-order valence-electron chi connectivity index (χ4n) is 6.91. The van der Waals surface area contributed by atoms with Crippen LogP contribution in [0.1, 0.15) is 44.1 Å². The largest absolute Gasteiger partial charge is 0.492 e. The number of amides is 1. The highest BCUT2D eigenvalue weighted by Gasteiger charge is 2.51. The van der Waals surface area contributed by atoms with Gasteiger partial charge in [0.1, 0.15) is 18.9 Å². The number of nitrogens with zero attached hydrogens (tertiary/aromatic N) is 1. The smallest absolute Gasteiger partial charge is 0.240 e. The van der Waals surface area contributed by atoms with Crippen molar-refractivity contribution in [3.8, 4) is 5.75 Å². The van der Waals surface area contributed by atoms with Crippen molar-refractivity contribution in [2.24, 2.45) is 17.8 Å². The van der Waals surface area contributed by atoms with E-state index in [4.69, 9.17) is 4.74 Å². The minimum absolute atomic E-state index is 0.249. The standard InChI is InChI=1S/C27H34N2O4S/c1-34(31,32)29(19-26(30)28-11-12-33-25-5-3-2-4-6-25)24-9-7-23(8-10-24)27-16-20-13-21(17-27)15-22(14-20)18-27/h2-10,20-22H,11-19H2,1H3,(H,28,30). The minimum atomic E-state index is -3.60. The van der Waals surface area contributed by atoms with E-state index in [1.807, 2.05) is 42.5 Å². The highest BCUT2D eigenvalue weighted by atomic mass is 32.2. The quantitative estimate of drug-likeness (QED) is 0.546. The number of benzene rings is 2. The van der Waals surface area contributed by atoms with Crippen LogP contribution >= 0.6 is 0 Å². The Kier molecular flexibility index (Phi) is 6.32. The number of para-hydroxylation sites is 1. The van der Waals surface area contributed by atoms with Gasteiger partial charge in [0.15, 0.2) is 0 Å². The average Bonchev–Trinajstić information content (AvgIpc) is 2.80. The summed E-state index contributed by atoms with van der Waals surface area (Å²) in [6.45, 7) is 0.367. The van der Waals surface area contributed by atoms with E-state index in [2.05, 4.69) is 17.4 Å². The third kappa shape index (κ3) is 4.95. The van der Waals surface area contributed by atoms with Gasteiger partial charge in [0.2, 0.25) is 15.9 Å². The van der Waals surface area contributed by atoms with E-state index in [0.717, 1.165) is 29.8 Å². The first-order valence-corrected chi connectivity index (χ1v) is 14.2. The van der Waals surface area contributed by atoms with E-state index in [1.165, 1.54) is 48.4 Å². The molecule has 0 radical (unpaired) electrons. The van der Waals surface area contributed by atoms with Crippen molar-refractivity contribution in [1.82, 2.24) is 5.32 Å². The van der Waals surface area contributed by atoms with Crippen molar-refractivity contribution in [2.45, 2.75) is 43.9 Å². The number of nitrogens with one attached hydrogen (secondary N) is 1. The van der Waals surface area contributed by atoms with Gasteiger partial charge in [-0.15, -0.1) is 0 Å². The van der Waals surface area contributed by atoms with Gasteiger partial charge in [-0.05, 0) is 91.5 Å². The van der Waals surface area contributed by atoms with Crippen LogP contribution in [0.3, 0.4) is 0 Å². The molecule has 2 aromatic carbocycles. The first-order valence-electron chi connectivity index (χ1n) is 12.3. The van der Waals surface area contributed by atoms with Gasteiger partial charge < -0.3 is 10.1 Å². The Morgan fingerprint density at radius 2 is 1.56 bits per heavy atom. The number of sulfonamides is 1. The molecule has 0 aromatic heterocycles. The van der Waals surface area contributed by atoms with E-state index in [9.17, 15) is 13.2 Å². The molecule has 1 N–H and O–H groups in total. The topological polar surface area (TPSA) is 75.7 Å². The fraction of sp³-hybridized carbons (Fsp3) is 0.519. The Hall–Kier alpha value is -2.54. The highest BCUT2D eigenvalue weighted by molar-refractivity contribution is 7.92. The fourth-order valence-corrected chi connectivity index (χ4v) is 7.76. The van der Waals surface area contributed by atoms with Crippen LogP contribution in [0.15, 0.2) is 54.6 Å². The summed E-state index contributed by atoms with van der Waals surface area (Å²) >= 11 is 0.